The lowest BCUT2D eigenvalue weighted by Crippen LogP contribution is -2.48. The van der Waals surface area contributed by atoms with Gasteiger partial charge in [0.2, 0.25) is 0 Å². The van der Waals surface area contributed by atoms with Crippen LogP contribution in [0, 0.1) is 0 Å². The molecule has 1 aromatic rings. The number of aromatic nitrogens is 1. The van der Waals surface area contributed by atoms with Crippen LogP contribution < -0.4 is 9.47 Å². The normalized spacial score (nSPS) is 23.6. The van der Waals surface area contributed by atoms with Gasteiger partial charge in [0.25, 0.3) is 0 Å². The Balaban J connectivity index is 2.16. The zero-order chi connectivity index (χ0) is 14.5. The Morgan fingerprint density at radius 3 is 2.90 bits per heavy atom. The first kappa shape index (κ1) is 15.5. The minimum absolute atomic E-state index is 0.225. The largest absolute Gasteiger partial charge is 0.493 e. The van der Waals surface area contributed by atoms with Crippen molar-refractivity contribution in [3.05, 3.63) is 18.0 Å². The van der Waals surface area contributed by atoms with Crippen LogP contribution in [0.3, 0.4) is 0 Å². The van der Waals surface area contributed by atoms with Crippen LogP contribution in [0.15, 0.2) is 12.3 Å². The fourth-order valence-corrected chi connectivity index (χ4v) is 2.74. The molecule has 0 N–H and O–H groups in total. The molecule has 1 saturated heterocycles. The van der Waals surface area contributed by atoms with E-state index in [0.717, 1.165) is 36.5 Å². The van der Waals surface area contributed by atoms with Crippen molar-refractivity contribution < 1.29 is 14.2 Å². The molecule has 1 aromatic heterocycles. The van der Waals surface area contributed by atoms with Crippen molar-refractivity contribution in [3.63, 3.8) is 0 Å². The van der Waals surface area contributed by atoms with Crippen molar-refractivity contribution in [1.82, 2.24) is 9.88 Å². The Labute approximate surface area is 128 Å². The number of halogens is 1. The average Bonchev–Trinajstić information content (AvgIpc) is 2.49. The van der Waals surface area contributed by atoms with Crippen LogP contribution >= 0.6 is 15.9 Å². The van der Waals surface area contributed by atoms with Crippen molar-refractivity contribution in [1.29, 1.82) is 0 Å². The van der Waals surface area contributed by atoms with Crippen molar-refractivity contribution in [2.75, 3.05) is 32.7 Å². The van der Waals surface area contributed by atoms with Crippen LogP contribution in [-0.4, -0.2) is 54.7 Å². The fraction of sp³-hybridized carbons (Fsp3) is 0.643. The third kappa shape index (κ3) is 3.42. The van der Waals surface area contributed by atoms with E-state index >= 15 is 0 Å². The van der Waals surface area contributed by atoms with Gasteiger partial charge < -0.3 is 14.2 Å². The quantitative estimate of drug-likeness (QED) is 0.765. The lowest BCUT2D eigenvalue weighted by Gasteiger charge is -2.37. The second-order valence-electron chi connectivity index (χ2n) is 4.88. The predicted molar refractivity (Wildman–Crippen MR) is 80.7 cm³/mol. The highest BCUT2D eigenvalue weighted by Gasteiger charge is 2.27. The molecule has 1 aliphatic heterocycles. The lowest BCUT2D eigenvalue weighted by atomic mass is 10.2. The Bertz CT molecular complexity index is 444. The van der Waals surface area contributed by atoms with Gasteiger partial charge in [-0.1, -0.05) is 15.9 Å². The Morgan fingerprint density at radius 2 is 2.25 bits per heavy atom. The molecule has 0 bridgehead atoms. The smallest absolute Gasteiger partial charge is 0.183 e. The van der Waals surface area contributed by atoms with E-state index in [2.05, 4.69) is 32.7 Å². The summed E-state index contributed by atoms with van der Waals surface area (Å²) in [6.07, 6.45) is 1.98. The molecule has 2 rings (SSSR count). The van der Waals surface area contributed by atoms with Gasteiger partial charge >= 0.3 is 0 Å². The van der Waals surface area contributed by atoms with Crippen molar-refractivity contribution in [2.45, 2.75) is 25.6 Å². The Kier molecular flexibility index (Phi) is 5.63. The Morgan fingerprint density at radius 1 is 1.45 bits per heavy atom. The van der Waals surface area contributed by atoms with Crippen LogP contribution in [0.1, 0.15) is 12.6 Å². The second-order valence-corrected chi connectivity index (χ2v) is 5.53. The van der Waals surface area contributed by atoms with Crippen molar-refractivity contribution in [2.24, 2.45) is 0 Å². The topological polar surface area (TPSA) is 43.8 Å². The van der Waals surface area contributed by atoms with Gasteiger partial charge in [-0.15, -0.1) is 0 Å². The predicted octanol–water partition coefficient (Wildman–Crippen LogP) is 2.08. The lowest BCUT2D eigenvalue weighted by molar-refractivity contribution is -0.0506. The molecule has 5 nitrogen and oxygen atoms in total. The summed E-state index contributed by atoms with van der Waals surface area (Å²) in [4.78, 5) is 6.80. The number of hydrogen-bond acceptors (Lipinski definition) is 5. The summed E-state index contributed by atoms with van der Waals surface area (Å²) in [5.41, 5.74) is 0.897. The van der Waals surface area contributed by atoms with E-state index in [1.807, 2.05) is 6.07 Å². The number of pyridine rings is 1. The van der Waals surface area contributed by atoms with Gasteiger partial charge in [0.1, 0.15) is 5.69 Å². The van der Waals surface area contributed by atoms with Crippen LogP contribution in [-0.2, 0) is 11.3 Å². The van der Waals surface area contributed by atoms with E-state index in [1.54, 1.807) is 20.4 Å². The van der Waals surface area contributed by atoms with E-state index < -0.39 is 0 Å². The molecule has 1 aliphatic rings. The molecule has 2 unspecified atom stereocenters. The molecule has 2 atom stereocenters. The first-order valence-electron chi connectivity index (χ1n) is 6.67. The Hall–Kier alpha value is -0.850. The molecule has 112 valence electrons. The first-order valence-corrected chi connectivity index (χ1v) is 7.79. The summed E-state index contributed by atoms with van der Waals surface area (Å²) in [6.45, 7) is 4.52. The monoisotopic (exact) mass is 344 g/mol. The zero-order valence-corrected chi connectivity index (χ0v) is 13.7. The van der Waals surface area contributed by atoms with Gasteiger partial charge in [0.05, 0.1) is 26.9 Å². The van der Waals surface area contributed by atoms with Gasteiger partial charge in [-0.05, 0) is 6.92 Å². The highest BCUT2D eigenvalue weighted by atomic mass is 79.9. The fourth-order valence-electron chi connectivity index (χ4n) is 2.34. The van der Waals surface area contributed by atoms with Crippen LogP contribution in [0.2, 0.25) is 0 Å². The molecule has 0 saturated carbocycles. The maximum atomic E-state index is 5.74. The highest BCUT2D eigenvalue weighted by molar-refractivity contribution is 9.09. The van der Waals surface area contributed by atoms with Crippen LogP contribution in [0.5, 0.6) is 11.5 Å². The summed E-state index contributed by atoms with van der Waals surface area (Å²) >= 11 is 3.48. The molecule has 20 heavy (non-hydrogen) atoms. The molecule has 6 heteroatoms. The third-order valence-corrected chi connectivity index (χ3v) is 4.25. The summed E-state index contributed by atoms with van der Waals surface area (Å²) in [5, 5.41) is 0.846. The molecule has 0 amide bonds. The number of hydrogen-bond donors (Lipinski definition) is 0. The van der Waals surface area contributed by atoms with E-state index in [0.29, 0.717) is 11.8 Å². The number of rotatable bonds is 5. The van der Waals surface area contributed by atoms with Crippen molar-refractivity contribution >= 4 is 15.9 Å². The molecule has 1 fully saturated rings. The molecule has 0 aromatic carbocycles. The highest BCUT2D eigenvalue weighted by Crippen LogP contribution is 2.30. The zero-order valence-electron chi connectivity index (χ0n) is 12.1. The summed E-state index contributed by atoms with van der Waals surface area (Å²) < 4.78 is 16.5. The molecular weight excluding hydrogens is 324 g/mol. The summed E-state index contributed by atoms with van der Waals surface area (Å²) in [7, 11) is 3.28. The molecular formula is C14H21BrN2O3. The maximum absolute atomic E-state index is 5.74. The number of nitrogens with zero attached hydrogens (tertiary/aromatic N) is 2. The third-order valence-electron chi connectivity index (χ3n) is 3.53. The van der Waals surface area contributed by atoms with E-state index in [-0.39, 0.29) is 6.10 Å². The maximum Gasteiger partial charge on any atom is 0.183 e. The number of ether oxygens (including phenoxy) is 3. The average molecular weight is 345 g/mol. The minimum atomic E-state index is 0.225. The van der Waals surface area contributed by atoms with E-state index in [4.69, 9.17) is 14.2 Å². The summed E-state index contributed by atoms with van der Waals surface area (Å²) in [5.74, 6) is 1.43. The molecule has 2 heterocycles. The van der Waals surface area contributed by atoms with Crippen LogP contribution in [0.4, 0.5) is 0 Å². The molecule has 0 aliphatic carbocycles. The number of alkyl halides is 1. The SMILES string of the molecule is COc1ccnc(CN2CC(CBr)OCC2C)c1OC. The number of morpholine rings is 1. The summed E-state index contributed by atoms with van der Waals surface area (Å²) in [6, 6.07) is 2.18. The van der Waals surface area contributed by atoms with Crippen molar-refractivity contribution in [3.8, 4) is 11.5 Å². The van der Waals surface area contributed by atoms with E-state index in [1.165, 1.54) is 0 Å². The first-order chi connectivity index (χ1) is 9.69. The van der Waals surface area contributed by atoms with Gasteiger partial charge in [0.15, 0.2) is 11.5 Å². The second kappa shape index (κ2) is 7.24. The van der Waals surface area contributed by atoms with Gasteiger partial charge in [-0.3, -0.25) is 9.88 Å². The van der Waals surface area contributed by atoms with Gasteiger partial charge in [0, 0.05) is 36.7 Å². The van der Waals surface area contributed by atoms with Gasteiger partial charge in [-0.2, -0.15) is 0 Å². The van der Waals surface area contributed by atoms with Gasteiger partial charge in [-0.25, -0.2) is 0 Å². The minimum Gasteiger partial charge on any atom is -0.493 e. The molecule has 0 spiro atoms. The number of methoxy groups -OCH3 is 2. The van der Waals surface area contributed by atoms with E-state index in [9.17, 15) is 0 Å². The van der Waals surface area contributed by atoms with Crippen LogP contribution in [0.25, 0.3) is 0 Å². The molecule has 0 radical (unpaired) electrons. The standard InChI is InChI=1S/C14H21BrN2O3/c1-10-9-20-11(6-15)7-17(10)8-12-14(19-3)13(18-2)4-5-16-12/h4-5,10-11H,6-9H2,1-3H3.